The van der Waals surface area contributed by atoms with Gasteiger partial charge in [-0.1, -0.05) is 48.0 Å². The molecule has 0 aliphatic rings. The molecule has 0 unspecified atom stereocenters. The Balaban J connectivity index is 0.00000280. The SMILES string of the molecule is CN=C(NCc1ccc(C)cc1)NCc1cc(N(C)C)nc2ccccc12.I. The van der Waals surface area contributed by atoms with Crippen molar-refractivity contribution in [2.45, 2.75) is 20.0 Å². The van der Waals surface area contributed by atoms with Gasteiger partial charge in [-0.2, -0.15) is 0 Å². The number of hydrogen-bond acceptors (Lipinski definition) is 3. The quantitative estimate of drug-likeness (QED) is 0.322. The number of aryl methyl sites for hydroxylation is 1. The number of nitrogens with zero attached hydrogens (tertiary/aromatic N) is 3. The first-order valence-corrected chi connectivity index (χ1v) is 9.13. The van der Waals surface area contributed by atoms with E-state index in [0.717, 1.165) is 29.2 Å². The Labute approximate surface area is 184 Å². The average molecular weight is 489 g/mol. The lowest BCUT2D eigenvalue weighted by Gasteiger charge is -2.17. The van der Waals surface area contributed by atoms with Gasteiger partial charge in [-0.15, -0.1) is 24.0 Å². The van der Waals surface area contributed by atoms with Gasteiger partial charge in [-0.25, -0.2) is 4.98 Å². The number of pyridine rings is 1. The van der Waals surface area contributed by atoms with Gasteiger partial charge in [-0.3, -0.25) is 4.99 Å². The summed E-state index contributed by atoms with van der Waals surface area (Å²) < 4.78 is 0. The van der Waals surface area contributed by atoms with Crippen LogP contribution in [-0.2, 0) is 13.1 Å². The zero-order valence-electron chi connectivity index (χ0n) is 16.9. The molecule has 2 N–H and O–H groups in total. The first-order valence-electron chi connectivity index (χ1n) is 9.13. The fourth-order valence-electron chi connectivity index (χ4n) is 2.90. The Morgan fingerprint density at radius 3 is 2.36 bits per heavy atom. The van der Waals surface area contributed by atoms with Crippen molar-refractivity contribution in [2.75, 3.05) is 26.0 Å². The molecule has 1 heterocycles. The molecule has 0 fully saturated rings. The zero-order valence-corrected chi connectivity index (χ0v) is 19.2. The van der Waals surface area contributed by atoms with Crippen LogP contribution in [0.4, 0.5) is 5.82 Å². The van der Waals surface area contributed by atoms with E-state index in [-0.39, 0.29) is 24.0 Å². The monoisotopic (exact) mass is 489 g/mol. The van der Waals surface area contributed by atoms with Crippen LogP contribution in [0, 0.1) is 6.92 Å². The van der Waals surface area contributed by atoms with Gasteiger partial charge >= 0.3 is 0 Å². The average Bonchev–Trinajstić information content (AvgIpc) is 2.69. The Morgan fingerprint density at radius 1 is 1.00 bits per heavy atom. The maximum absolute atomic E-state index is 4.72. The summed E-state index contributed by atoms with van der Waals surface area (Å²) in [6.07, 6.45) is 0. The van der Waals surface area contributed by atoms with Gasteiger partial charge in [0.1, 0.15) is 5.82 Å². The van der Waals surface area contributed by atoms with Crippen molar-refractivity contribution in [1.29, 1.82) is 0 Å². The highest BCUT2D eigenvalue weighted by Crippen LogP contribution is 2.21. The molecule has 0 amide bonds. The number of nitrogens with one attached hydrogen (secondary N) is 2. The minimum absolute atomic E-state index is 0. The van der Waals surface area contributed by atoms with Crippen LogP contribution in [0.5, 0.6) is 0 Å². The predicted octanol–water partition coefficient (Wildman–Crippen LogP) is 4.09. The molecule has 0 radical (unpaired) electrons. The second kappa shape index (κ2) is 10.3. The number of halogens is 1. The zero-order chi connectivity index (χ0) is 19.2. The normalized spacial score (nSPS) is 11.1. The van der Waals surface area contributed by atoms with Crippen molar-refractivity contribution in [3.8, 4) is 0 Å². The second-order valence-electron chi connectivity index (χ2n) is 6.82. The number of fused-ring (bicyclic) bond motifs is 1. The smallest absolute Gasteiger partial charge is 0.191 e. The molecule has 0 aliphatic heterocycles. The summed E-state index contributed by atoms with van der Waals surface area (Å²) in [5.41, 5.74) is 4.70. The Hall–Kier alpha value is -2.35. The molecule has 148 valence electrons. The molecule has 0 atom stereocenters. The second-order valence-corrected chi connectivity index (χ2v) is 6.82. The Kier molecular flexibility index (Phi) is 8.04. The van der Waals surface area contributed by atoms with Crippen molar-refractivity contribution >= 4 is 46.7 Å². The van der Waals surface area contributed by atoms with Gasteiger partial charge in [0.15, 0.2) is 5.96 Å². The molecular formula is C22H28IN5. The van der Waals surface area contributed by atoms with Crippen LogP contribution in [0.25, 0.3) is 10.9 Å². The van der Waals surface area contributed by atoms with Crippen LogP contribution in [0.3, 0.4) is 0 Å². The van der Waals surface area contributed by atoms with Crippen LogP contribution >= 0.6 is 24.0 Å². The van der Waals surface area contributed by atoms with Crippen LogP contribution in [0.1, 0.15) is 16.7 Å². The molecule has 5 nitrogen and oxygen atoms in total. The number of rotatable bonds is 5. The third kappa shape index (κ3) is 5.58. The summed E-state index contributed by atoms with van der Waals surface area (Å²) in [5.74, 6) is 1.73. The third-order valence-electron chi connectivity index (χ3n) is 4.50. The van der Waals surface area contributed by atoms with E-state index in [9.17, 15) is 0 Å². The molecule has 3 aromatic rings. The van der Waals surface area contributed by atoms with Crippen molar-refractivity contribution in [2.24, 2.45) is 4.99 Å². The summed E-state index contributed by atoms with van der Waals surface area (Å²) in [4.78, 5) is 11.1. The minimum Gasteiger partial charge on any atom is -0.363 e. The van der Waals surface area contributed by atoms with Crippen LogP contribution in [0.15, 0.2) is 59.6 Å². The van der Waals surface area contributed by atoms with Crippen molar-refractivity contribution in [3.05, 3.63) is 71.3 Å². The maximum atomic E-state index is 4.72. The largest absolute Gasteiger partial charge is 0.363 e. The highest BCUT2D eigenvalue weighted by molar-refractivity contribution is 14.0. The minimum atomic E-state index is 0. The summed E-state index contributed by atoms with van der Waals surface area (Å²) >= 11 is 0. The molecule has 28 heavy (non-hydrogen) atoms. The number of hydrogen-bond donors (Lipinski definition) is 2. The number of aromatic nitrogens is 1. The highest BCUT2D eigenvalue weighted by Gasteiger charge is 2.08. The highest BCUT2D eigenvalue weighted by atomic mass is 127. The van der Waals surface area contributed by atoms with E-state index in [1.807, 2.05) is 31.1 Å². The van der Waals surface area contributed by atoms with Crippen LogP contribution in [0.2, 0.25) is 0 Å². The van der Waals surface area contributed by atoms with Gasteiger partial charge in [0, 0.05) is 39.6 Å². The molecule has 0 bridgehead atoms. The number of guanidine groups is 1. The predicted molar refractivity (Wildman–Crippen MR) is 130 cm³/mol. The number of para-hydroxylation sites is 1. The van der Waals surface area contributed by atoms with Gasteiger partial charge in [0.2, 0.25) is 0 Å². The Bertz CT molecular complexity index is 935. The van der Waals surface area contributed by atoms with Crippen molar-refractivity contribution in [1.82, 2.24) is 15.6 Å². The van der Waals surface area contributed by atoms with Gasteiger partial charge in [0.05, 0.1) is 5.52 Å². The Morgan fingerprint density at radius 2 is 1.68 bits per heavy atom. The topological polar surface area (TPSA) is 52.6 Å². The summed E-state index contributed by atoms with van der Waals surface area (Å²) in [6.45, 7) is 3.51. The number of anilines is 1. The maximum Gasteiger partial charge on any atom is 0.191 e. The van der Waals surface area contributed by atoms with Crippen molar-refractivity contribution < 1.29 is 0 Å². The molecule has 0 saturated heterocycles. The van der Waals surface area contributed by atoms with E-state index in [4.69, 9.17) is 4.98 Å². The molecule has 0 spiro atoms. The standard InChI is InChI=1S/C22H27N5.HI/c1-16-9-11-17(12-10-16)14-24-22(23-2)25-15-18-13-21(27(3)4)26-20-8-6-5-7-19(18)20;/h5-13H,14-15H2,1-4H3,(H2,23,24,25);1H. The summed E-state index contributed by atoms with van der Waals surface area (Å²) in [6, 6.07) is 18.9. The lowest BCUT2D eigenvalue weighted by Crippen LogP contribution is -2.36. The van der Waals surface area contributed by atoms with Crippen LogP contribution in [-0.4, -0.2) is 32.1 Å². The molecule has 1 aromatic heterocycles. The van der Waals surface area contributed by atoms with E-state index in [0.29, 0.717) is 6.54 Å². The number of benzene rings is 2. The molecular weight excluding hydrogens is 461 g/mol. The van der Waals surface area contributed by atoms with E-state index >= 15 is 0 Å². The number of aliphatic imine (C=N–C) groups is 1. The van der Waals surface area contributed by atoms with E-state index in [1.165, 1.54) is 16.7 Å². The fourth-order valence-corrected chi connectivity index (χ4v) is 2.90. The van der Waals surface area contributed by atoms with Crippen LogP contribution < -0.4 is 15.5 Å². The molecule has 6 heteroatoms. The molecule has 0 saturated carbocycles. The van der Waals surface area contributed by atoms with E-state index < -0.39 is 0 Å². The first kappa shape index (κ1) is 21.9. The van der Waals surface area contributed by atoms with E-state index in [2.05, 4.69) is 65.0 Å². The molecule has 3 rings (SSSR count). The lowest BCUT2D eigenvalue weighted by atomic mass is 10.1. The third-order valence-corrected chi connectivity index (χ3v) is 4.50. The molecule has 0 aliphatic carbocycles. The molecule has 2 aromatic carbocycles. The first-order chi connectivity index (χ1) is 13.1. The van der Waals surface area contributed by atoms with E-state index in [1.54, 1.807) is 7.05 Å². The van der Waals surface area contributed by atoms with Gasteiger partial charge < -0.3 is 15.5 Å². The summed E-state index contributed by atoms with van der Waals surface area (Å²) in [7, 11) is 5.81. The van der Waals surface area contributed by atoms with Crippen molar-refractivity contribution in [3.63, 3.8) is 0 Å². The summed E-state index contributed by atoms with van der Waals surface area (Å²) in [5, 5.41) is 7.95. The van der Waals surface area contributed by atoms with Gasteiger partial charge in [-0.05, 0) is 30.2 Å². The lowest BCUT2D eigenvalue weighted by molar-refractivity contribution is 0.811. The fraction of sp³-hybridized carbons (Fsp3) is 0.273. The van der Waals surface area contributed by atoms with Gasteiger partial charge in [0.25, 0.3) is 0 Å².